The molecule has 1 unspecified atom stereocenters. The van der Waals surface area contributed by atoms with Crippen LogP contribution in [0.15, 0.2) is 66.7 Å². The molecule has 0 saturated carbocycles. The number of rotatable bonds is 5. The van der Waals surface area contributed by atoms with Gasteiger partial charge < -0.3 is 14.7 Å². The fourth-order valence-electron chi connectivity index (χ4n) is 4.21. The van der Waals surface area contributed by atoms with E-state index >= 15 is 0 Å². The minimum atomic E-state index is -0.514. The van der Waals surface area contributed by atoms with E-state index in [9.17, 15) is 14.3 Å². The van der Waals surface area contributed by atoms with Crippen LogP contribution in [0.5, 0.6) is 11.5 Å². The second-order valence-corrected chi connectivity index (χ2v) is 8.20. The Morgan fingerprint density at radius 2 is 1.94 bits per heavy atom. The van der Waals surface area contributed by atoms with Gasteiger partial charge in [0.25, 0.3) is 5.91 Å². The lowest BCUT2D eigenvalue weighted by Crippen LogP contribution is -2.29. The van der Waals surface area contributed by atoms with Gasteiger partial charge in [0.1, 0.15) is 28.7 Å². The van der Waals surface area contributed by atoms with Crippen LogP contribution in [-0.2, 0) is 6.54 Å². The van der Waals surface area contributed by atoms with Crippen LogP contribution in [0.2, 0.25) is 5.02 Å². The number of nitrogens with one attached hydrogen (secondary N) is 1. The number of ether oxygens (including phenoxy) is 1. The molecule has 4 aromatic rings. The monoisotopic (exact) mass is 463 g/mol. The average molecular weight is 464 g/mol. The maximum atomic E-state index is 13.5. The van der Waals surface area contributed by atoms with E-state index in [0.29, 0.717) is 33.3 Å². The first-order chi connectivity index (χ1) is 16.0. The highest BCUT2D eigenvalue weighted by Crippen LogP contribution is 2.45. The number of nitrogens with zero attached hydrogens (tertiary/aromatic N) is 2. The second kappa shape index (κ2) is 8.26. The van der Waals surface area contributed by atoms with Crippen molar-refractivity contribution in [1.29, 1.82) is 0 Å². The van der Waals surface area contributed by atoms with Crippen LogP contribution in [0.1, 0.15) is 33.2 Å². The van der Waals surface area contributed by atoms with Crippen LogP contribution in [0.3, 0.4) is 0 Å². The van der Waals surface area contributed by atoms with Gasteiger partial charge in [0.15, 0.2) is 0 Å². The van der Waals surface area contributed by atoms with Crippen LogP contribution in [0.25, 0.3) is 11.3 Å². The summed E-state index contributed by atoms with van der Waals surface area (Å²) in [6.07, 6.45) is 0. The Bertz CT molecular complexity index is 1350. The van der Waals surface area contributed by atoms with E-state index in [1.54, 1.807) is 36.3 Å². The number of H-pyrrole nitrogens is 1. The van der Waals surface area contributed by atoms with E-state index in [-0.39, 0.29) is 24.0 Å². The number of benzene rings is 3. The Morgan fingerprint density at radius 3 is 2.70 bits per heavy atom. The van der Waals surface area contributed by atoms with Crippen molar-refractivity contribution in [1.82, 2.24) is 15.1 Å². The number of aromatic amines is 1. The zero-order chi connectivity index (χ0) is 23.1. The molecule has 33 heavy (non-hydrogen) atoms. The van der Waals surface area contributed by atoms with Crippen molar-refractivity contribution in [3.63, 3.8) is 0 Å². The molecule has 0 fully saturated rings. The summed E-state index contributed by atoms with van der Waals surface area (Å²) >= 11 is 6.18. The summed E-state index contributed by atoms with van der Waals surface area (Å²) in [7, 11) is 1.58. The Labute approximate surface area is 194 Å². The molecule has 6 nitrogen and oxygen atoms in total. The van der Waals surface area contributed by atoms with Gasteiger partial charge in [0.2, 0.25) is 0 Å². The number of amides is 1. The van der Waals surface area contributed by atoms with Gasteiger partial charge in [-0.15, -0.1) is 0 Å². The predicted molar refractivity (Wildman–Crippen MR) is 122 cm³/mol. The molecule has 1 aromatic heterocycles. The minimum absolute atomic E-state index is 0.00234. The number of fused-ring (bicyclic) bond motifs is 1. The van der Waals surface area contributed by atoms with Crippen molar-refractivity contribution >= 4 is 17.5 Å². The number of aromatic hydroxyl groups is 1. The molecule has 0 bridgehead atoms. The van der Waals surface area contributed by atoms with Crippen LogP contribution < -0.4 is 4.74 Å². The fourth-order valence-corrected chi connectivity index (χ4v) is 4.38. The number of aromatic nitrogens is 2. The molecule has 0 aliphatic carbocycles. The normalized spacial score (nSPS) is 15.1. The molecule has 0 spiro atoms. The van der Waals surface area contributed by atoms with Gasteiger partial charge in [-0.1, -0.05) is 35.9 Å². The molecule has 2 N–H and O–H groups in total. The predicted octanol–water partition coefficient (Wildman–Crippen LogP) is 5.33. The maximum absolute atomic E-state index is 13.5. The zero-order valence-corrected chi connectivity index (χ0v) is 18.3. The van der Waals surface area contributed by atoms with E-state index in [2.05, 4.69) is 10.2 Å². The molecule has 1 amide bonds. The summed E-state index contributed by atoms with van der Waals surface area (Å²) in [6, 6.07) is 17.7. The number of phenols is 1. The fraction of sp³-hybridized carbons (Fsp3) is 0.120. The molecule has 0 saturated heterocycles. The molecule has 8 heteroatoms. The van der Waals surface area contributed by atoms with Gasteiger partial charge in [-0.2, -0.15) is 5.10 Å². The highest BCUT2D eigenvalue weighted by molar-refractivity contribution is 6.31. The summed E-state index contributed by atoms with van der Waals surface area (Å²) in [4.78, 5) is 15.2. The first-order valence-corrected chi connectivity index (χ1v) is 10.6. The smallest absolute Gasteiger partial charge is 0.273 e. The molecule has 3 aromatic carbocycles. The van der Waals surface area contributed by atoms with Gasteiger partial charge in [0.05, 0.1) is 13.2 Å². The lowest BCUT2D eigenvalue weighted by molar-refractivity contribution is 0.0730. The quantitative estimate of drug-likeness (QED) is 0.419. The van der Waals surface area contributed by atoms with Crippen LogP contribution in [-0.4, -0.2) is 33.2 Å². The van der Waals surface area contributed by atoms with Crippen LogP contribution in [0.4, 0.5) is 4.39 Å². The second-order valence-electron chi connectivity index (χ2n) is 7.76. The topological polar surface area (TPSA) is 78.5 Å². The van der Waals surface area contributed by atoms with Crippen LogP contribution >= 0.6 is 11.6 Å². The first kappa shape index (κ1) is 21.0. The number of hydrogen-bond acceptors (Lipinski definition) is 4. The molecule has 1 aliphatic rings. The number of hydrogen-bond donors (Lipinski definition) is 2. The van der Waals surface area contributed by atoms with Gasteiger partial charge in [0, 0.05) is 22.7 Å². The molecular weight excluding hydrogens is 445 g/mol. The average Bonchev–Trinajstić information content (AvgIpc) is 3.36. The van der Waals surface area contributed by atoms with E-state index in [0.717, 1.165) is 11.1 Å². The third kappa shape index (κ3) is 3.70. The standard InChI is InChI=1S/C25H19ClFN3O3/c1-33-18-4-2-3-15(11-18)24-21-22(19-12-16(26)7-10-20(19)31)28-29-23(21)25(32)30(24)13-14-5-8-17(27)9-6-14/h2-12,24,31H,13H2,1H3,(H,28,29). The third-order valence-corrected chi connectivity index (χ3v) is 5.99. The molecular formula is C25H19ClFN3O3. The zero-order valence-electron chi connectivity index (χ0n) is 17.5. The Hall–Kier alpha value is -3.84. The molecule has 1 atom stereocenters. The minimum Gasteiger partial charge on any atom is -0.507 e. The van der Waals surface area contributed by atoms with Gasteiger partial charge in [-0.05, 0) is 53.6 Å². The number of methoxy groups -OCH3 is 1. The van der Waals surface area contributed by atoms with E-state index in [4.69, 9.17) is 16.3 Å². The number of phenolic OH excluding ortho intramolecular Hbond substituents is 1. The number of carbonyl (C=O) groups is 1. The number of carbonyl (C=O) groups excluding carboxylic acids is 1. The van der Waals surface area contributed by atoms with Gasteiger partial charge in [-0.3, -0.25) is 9.89 Å². The van der Waals surface area contributed by atoms with E-state index < -0.39 is 6.04 Å². The molecule has 5 rings (SSSR count). The summed E-state index contributed by atoms with van der Waals surface area (Å²) in [5, 5.41) is 18.1. The third-order valence-electron chi connectivity index (χ3n) is 5.75. The number of halogens is 2. The van der Waals surface area contributed by atoms with E-state index in [1.165, 1.54) is 18.2 Å². The highest BCUT2D eigenvalue weighted by atomic mass is 35.5. The van der Waals surface area contributed by atoms with Crippen molar-refractivity contribution in [2.45, 2.75) is 12.6 Å². The lowest BCUT2D eigenvalue weighted by atomic mass is 9.95. The van der Waals surface area contributed by atoms with Crippen LogP contribution in [0, 0.1) is 5.82 Å². The first-order valence-electron chi connectivity index (χ1n) is 10.2. The molecule has 166 valence electrons. The SMILES string of the molecule is COc1cccc(C2c3c(-c4cc(Cl)ccc4O)n[nH]c3C(=O)N2Cc2ccc(F)cc2)c1. The summed E-state index contributed by atoms with van der Waals surface area (Å²) < 4.78 is 18.8. The summed E-state index contributed by atoms with van der Waals surface area (Å²) in [5.74, 6) is 0.0553. The summed E-state index contributed by atoms with van der Waals surface area (Å²) in [6.45, 7) is 0.254. The Morgan fingerprint density at radius 1 is 1.15 bits per heavy atom. The Balaban J connectivity index is 1.67. The maximum Gasteiger partial charge on any atom is 0.273 e. The van der Waals surface area contributed by atoms with Gasteiger partial charge >= 0.3 is 0 Å². The Kier molecular flexibility index (Phi) is 5.26. The van der Waals surface area contributed by atoms with E-state index in [1.807, 2.05) is 24.3 Å². The highest BCUT2D eigenvalue weighted by Gasteiger charge is 2.42. The molecule has 0 radical (unpaired) electrons. The van der Waals surface area contributed by atoms with Crippen molar-refractivity contribution in [3.05, 3.63) is 100.0 Å². The summed E-state index contributed by atoms with van der Waals surface area (Å²) in [5.41, 5.74) is 3.42. The molecule has 1 aliphatic heterocycles. The largest absolute Gasteiger partial charge is 0.507 e. The lowest BCUT2D eigenvalue weighted by Gasteiger charge is -2.27. The molecule has 2 heterocycles. The van der Waals surface area contributed by atoms with Crippen molar-refractivity contribution < 1.29 is 19.0 Å². The van der Waals surface area contributed by atoms with Crippen molar-refractivity contribution in [2.24, 2.45) is 0 Å². The van der Waals surface area contributed by atoms with Crippen molar-refractivity contribution in [3.8, 4) is 22.8 Å². The van der Waals surface area contributed by atoms with Crippen molar-refractivity contribution in [2.75, 3.05) is 7.11 Å². The van der Waals surface area contributed by atoms with Gasteiger partial charge in [-0.25, -0.2) is 4.39 Å².